The minimum Gasteiger partial charge on any atom is -0.489 e. The number of amides is 3. The highest BCUT2D eigenvalue weighted by molar-refractivity contribution is 6.42. The molecule has 57 heavy (non-hydrogen) atoms. The van der Waals surface area contributed by atoms with E-state index < -0.39 is 6.04 Å². The average Bonchev–Trinajstić information content (AvgIpc) is 3.20. The Bertz CT molecular complexity index is 2290. The topological polar surface area (TPSA) is 102 Å². The largest absolute Gasteiger partial charge is 0.489 e. The van der Waals surface area contributed by atoms with Crippen LogP contribution in [0.3, 0.4) is 0 Å². The van der Waals surface area contributed by atoms with Crippen LogP contribution in [0.5, 0.6) is 17.2 Å². The molecule has 4 aromatic carbocycles. The minimum absolute atomic E-state index is 0.173. The van der Waals surface area contributed by atoms with Crippen LogP contribution < -0.4 is 24.8 Å². The van der Waals surface area contributed by atoms with Gasteiger partial charge in [-0.15, -0.1) is 0 Å². The van der Waals surface area contributed by atoms with Crippen LogP contribution in [-0.4, -0.2) is 46.6 Å². The van der Waals surface area contributed by atoms with Crippen molar-refractivity contribution in [2.45, 2.75) is 83.7 Å². The molecule has 0 bridgehead atoms. The maximum atomic E-state index is 13.9. The minimum atomic E-state index is -0.672. The average molecular weight is 806 g/mol. The Morgan fingerprint density at radius 3 is 2.40 bits per heavy atom. The standard InChI is InChI=1S/C46H46Cl2N4O5/c1-28-29(2)49-20-16-37(28)32-8-5-30(6-9-32)15-19-50-44(53)40-22-34-23-41-42(24-35(34)25-52(40)45(54)51-46(3)17-4-18-46)57-43(27-56-41)33-10-12-36(13-11-33)55-26-31-7-14-38(47)39(48)21-31/h5-14,16,20-21,23-24,40,43H,4,15,17-19,22,25-27H2,1-3H3,(H,50,53)(H,51,54). The third-order valence-corrected chi connectivity index (χ3v) is 12.3. The van der Waals surface area contributed by atoms with E-state index in [9.17, 15) is 9.59 Å². The number of halogens is 2. The van der Waals surface area contributed by atoms with Crippen LogP contribution >= 0.6 is 23.2 Å². The molecule has 2 aliphatic heterocycles. The molecule has 2 atom stereocenters. The van der Waals surface area contributed by atoms with Crippen molar-refractivity contribution < 1.29 is 23.8 Å². The van der Waals surface area contributed by atoms with Crippen molar-refractivity contribution in [1.82, 2.24) is 20.5 Å². The number of carbonyl (C=O) groups is 2. The van der Waals surface area contributed by atoms with E-state index in [1.807, 2.05) is 61.7 Å². The number of rotatable bonds is 10. The molecule has 3 amide bonds. The molecule has 1 aliphatic carbocycles. The number of nitrogens with one attached hydrogen (secondary N) is 2. The SMILES string of the molecule is Cc1nccc(-c2ccc(CCNC(=O)C3Cc4cc5c(cc4CN3C(=O)NC3(C)CCC3)OC(c3ccc(OCc4ccc(Cl)c(Cl)c4)cc3)CO5)cc2)c1C. The zero-order valence-electron chi connectivity index (χ0n) is 32.4. The van der Waals surface area contributed by atoms with Crippen LogP contribution in [-0.2, 0) is 30.8 Å². The zero-order chi connectivity index (χ0) is 39.7. The van der Waals surface area contributed by atoms with Gasteiger partial charge >= 0.3 is 6.03 Å². The molecule has 1 saturated carbocycles. The van der Waals surface area contributed by atoms with Crippen LogP contribution in [0.25, 0.3) is 11.1 Å². The Balaban J connectivity index is 0.927. The number of pyridine rings is 1. The summed E-state index contributed by atoms with van der Waals surface area (Å²) in [4.78, 5) is 33.9. The Morgan fingerprint density at radius 1 is 0.912 bits per heavy atom. The Labute approximate surface area is 343 Å². The number of aryl methyl sites for hydroxylation is 1. The fraction of sp³-hybridized carbons (Fsp3) is 0.326. The van der Waals surface area contributed by atoms with Gasteiger partial charge in [-0.2, -0.15) is 0 Å². The number of carbonyl (C=O) groups excluding carboxylic acids is 2. The number of aromatic nitrogens is 1. The molecule has 0 radical (unpaired) electrons. The van der Waals surface area contributed by atoms with Crippen molar-refractivity contribution in [1.29, 1.82) is 0 Å². The Morgan fingerprint density at radius 2 is 1.67 bits per heavy atom. The fourth-order valence-corrected chi connectivity index (χ4v) is 8.07. The van der Waals surface area contributed by atoms with Gasteiger partial charge in [-0.1, -0.05) is 65.7 Å². The van der Waals surface area contributed by atoms with Gasteiger partial charge in [-0.05, 0) is 133 Å². The lowest BCUT2D eigenvalue weighted by Gasteiger charge is -2.43. The molecule has 3 aliphatic rings. The molecule has 1 aromatic heterocycles. The number of benzene rings is 4. The van der Waals surface area contributed by atoms with Gasteiger partial charge in [0.05, 0.1) is 10.0 Å². The summed E-state index contributed by atoms with van der Waals surface area (Å²) in [6.45, 7) is 7.59. The molecular formula is C46H46Cl2N4O5. The molecule has 5 aromatic rings. The number of fused-ring (bicyclic) bond motifs is 2. The summed E-state index contributed by atoms with van der Waals surface area (Å²) < 4.78 is 18.7. The normalized spacial score (nSPS) is 17.9. The summed E-state index contributed by atoms with van der Waals surface area (Å²) >= 11 is 12.2. The first kappa shape index (κ1) is 38.6. The first-order valence-corrected chi connectivity index (χ1v) is 20.3. The molecule has 2 unspecified atom stereocenters. The predicted octanol–water partition coefficient (Wildman–Crippen LogP) is 9.50. The summed E-state index contributed by atoms with van der Waals surface area (Å²) in [6, 6.07) is 26.7. The van der Waals surface area contributed by atoms with E-state index in [0.29, 0.717) is 59.9 Å². The van der Waals surface area contributed by atoms with Gasteiger partial charge in [0.2, 0.25) is 5.91 Å². The molecule has 11 heteroatoms. The molecule has 0 saturated heterocycles. The quantitative estimate of drug-likeness (QED) is 0.146. The summed E-state index contributed by atoms with van der Waals surface area (Å²) in [5.41, 5.74) is 9.12. The monoisotopic (exact) mass is 804 g/mol. The smallest absolute Gasteiger partial charge is 0.318 e. The van der Waals surface area contributed by atoms with E-state index in [2.05, 4.69) is 53.7 Å². The predicted molar refractivity (Wildman–Crippen MR) is 222 cm³/mol. The van der Waals surface area contributed by atoms with Crippen LogP contribution in [0.2, 0.25) is 10.0 Å². The highest BCUT2D eigenvalue weighted by atomic mass is 35.5. The zero-order valence-corrected chi connectivity index (χ0v) is 33.9. The van der Waals surface area contributed by atoms with Crippen molar-refractivity contribution in [2.75, 3.05) is 13.2 Å². The lowest BCUT2D eigenvalue weighted by atomic mass is 9.78. The molecule has 294 valence electrons. The molecule has 3 heterocycles. The van der Waals surface area contributed by atoms with Crippen molar-refractivity contribution in [3.8, 4) is 28.4 Å². The van der Waals surface area contributed by atoms with E-state index in [4.69, 9.17) is 37.4 Å². The molecule has 1 fully saturated rings. The van der Waals surface area contributed by atoms with E-state index >= 15 is 0 Å². The van der Waals surface area contributed by atoms with Crippen LogP contribution in [0.4, 0.5) is 4.79 Å². The number of hydrogen-bond donors (Lipinski definition) is 2. The van der Waals surface area contributed by atoms with Crippen LogP contribution in [0.15, 0.2) is 91.1 Å². The van der Waals surface area contributed by atoms with Gasteiger partial charge in [-0.25, -0.2) is 4.79 Å². The maximum Gasteiger partial charge on any atom is 0.318 e. The van der Waals surface area contributed by atoms with Gasteiger partial charge < -0.3 is 29.7 Å². The Kier molecular flexibility index (Phi) is 11.1. The maximum absolute atomic E-state index is 13.9. The van der Waals surface area contributed by atoms with Crippen molar-refractivity contribution in [3.63, 3.8) is 0 Å². The second kappa shape index (κ2) is 16.3. The number of urea groups is 1. The van der Waals surface area contributed by atoms with Crippen LogP contribution in [0.1, 0.15) is 71.4 Å². The molecule has 0 spiro atoms. The van der Waals surface area contributed by atoms with Crippen molar-refractivity contribution in [3.05, 3.63) is 140 Å². The third kappa shape index (κ3) is 8.55. The van der Waals surface area contributed by atoms with Gasteiger partial charge in [0.1, 0.15) is 25.0 Å². The summed E-state index contributed by atoms with van der Waals surface area (Å²) in [7, 11) is 0. The lowest BCUT2D eigenvalue weighted by Crippen LogP contribution is -2.60. The summed E-state index contributed by atoms with van der Waals surface area (Å²) in [5, 5.41) is 7.36. The number of hydrogen-bond acceptors (Lipinski definition) is 6. The molecular weight excluding hydrogens is 759 g/mol. The second-order valence-electron chi connectivity index (χ2n) is 15.6. The van der Waals surface area contributed by atoms with Gasteiger partial charge in [0, 0.05) is 36.9 Å². The molecule has 8 rings (SSSR count). The van der Waals surface area contributed by atoms with E-state index in [1.165, 1.54) is 11.1 Å². The number of ether oxygens (including phenoxy) is 3. The highest BCUT2D eigenvalue weighted by Gasteiger charge is 2.40. The third-order valence-electron chi connectivity index (χ3n) is 11.6. The summed E-state index contributed by atoms with van der Waals surface area (Å²) in [5.74, 6) is 1.78. The van der Waals surface area contributed by atoms with Crippen molar-refractivity contribution >= 4 is 35.1 Å². The number of nitrogens with zero attached hydrogens (tertiary/aromatic N) is 2. The van der Waals surface area contributed by atoms with E-state index in [0.717, 1.165) is 58.3 Å². The van der Waals surface area contributed by atoms with E-state index in [-0.39, 0.29) is 30.1 Å². The van der Waals surface area contributed by atoms with Crippen molar-refractivity contribution in [2.24, 2.45) is 0 Å². The summed E-state index contributed by atoms with van der Waals surface area (Å²) in [6.07, 6.45) is 5.46. The highest BCUT2D eigenvalue weighted by Crippen LogP contribution is 2.41. The lowest BCUT2D eigenvalue weighted by molar-refractivity contribution is -0.126. The molecule has 2 N–H and O–H groups in total. The first-order valence-electron chi connectivity index (χ1n) is 19.5. The Hall–Kier alpha value is -5.25. The van der Waals surface area contributed by atoms with Gasteiger partial charge in [0.25, 0.3) is 0 Å². The first-order chi connectivity index (χ1) is 27.5. The fourth-order valence-electron chi connectivity index (χ4n) is 7.75. The van der Waals surface area contributed by atoms with Crippen LogP contribution in [0, 0.1) is 13.8 Å². The van der Waals surface area contributed by atoms with Gasteiger partial charge in [0.15, 0.2) is 17.6 Å². The van der Waals surface area contributed by atoms with Gasteiger partial charge in [-0.3, -0.25) is 9.78 Å². The van der Waals surface area contributed by atoms with E-state index in [1.54, 1.807) is 17.0 Å². The molecule has 9 nitrogen and oxygen atoms in total. The second-order valence-corrected chi connectivity index (χ2v) is 16.4.